The van der Waals surface area contributed by atoms with E-state index in [0.717, 1.165) is 24.9 Å². The third kappa shape index (κ3) is 3.16. The lowest BCUT2D eigenvalue weighted by atomic mass is 10.0. The summed E-state index contributed by atoms with van der Waals surface area (Å²) in [5.41, 5.74) is 1.08. The molecule has 0 unspecified atom stereocenters. The molecule has 1 aliphatic heterocycles. The van der Waals surface area contributed by atoms with Gasteiger partial charge in [-0.05, 0) is 36.6 Å². The Morgan fingerprint density at radius 2 is 2.13 bits per heavy atom. The summed E-state index contributed by atoms with van der Waals surface area (Å²) < 4.78 is 12.3. The quantitative estimate of drug-likeness (QED) is 0.849. The number of rotatable bonds is 5. The van der Waals surface area contributed by atoms with Gasteiger partial charge < -0.3 is 14.4 Å². The summed E-state index contributed by atoms with van der Waals surface area (Å²) in [7, 11) is 3.24. The summed E-state index contributed by atoms with van der Waals surface area (Å²) in [6.07, 6.45) is 5.45. The normalized spacial score (nSPS) is 17.3. The van der Waals surface area contributed by atoms with E-state index in [1.807, 2.05) is 29.2 Å². The average Bonchev–Trinajstić information content (AvgIpc) is 3.25. The van der Waals surface area contributed by atoms with Crippen LogP contribution in [0.3, 0.4) is 0 Å². The van der Waals surface area contributed by atoms with Crippen molar-refractivity contribution in [2.45, 2.75) is 25.4 Å². The first-order chi connectivity index (χ1) is 11.2. The lowest BCUT2D eigenvalue weighted by molar-refractivity contribution is -0.133. The maximum atomic E-state index is 12.6. The van der Waals surface area contributed by atoms with Gasteiger partial charge in [0.1, 0.15) is 6.54 Å². The molecule has 6 nitrogen and oxygen atoms in total. The average molecular weight is 315 g/mol. The van der Waals surface area contributed by atoms with E-state index < -0.39 is 0 Å². The van der Waals surface area contributed by atoms with Crippen molar-refractivity contribution in [1.82, 2.24) is 14.7 Å². The molecule has 2 aromatic rings. The summed E-state index contributed by atoms with van der Waals surface area (Å²) in [5.74, 6) is 1.48. The van der Waals surface area contributed by atoms with Gasteiger partial charge in [-0.3, -0.25) is 9.48 Å². The third-order valence-electron chi connectivity index (χ3n) is 4.22. The van der Waals surface area contributed by atoms with E-state index >= 15 is 0 Å². The summed E-state index contributed by atoms with van der Waals surface area (Å²) in [4.78, 5) is 14.5. The van der Waals surface area contributed by atoms with Gasteiger partial charge in [-0.25, -0.2) is 0 Å². The minimum atomic E-state index is 0.0814. The molecule has 1 amide bonds. The predicted molar refractivity (Wildman–Crippen MR) is 85.5 cm³/mol. The molecule has 122 valence electrons. The molecule has 1 atom stereocenters. The van der Waals surface area contributed by atoms with Gasteiger partial charge in [-0.2, -0.15) is 5.10 Å². The number of carbonyl (C=O) groups is 1. The Labute approximate surface area is 135 Å². The number of methoxy groups -OCH3 is 2. The van der Waals surface area contributed by atoms with Crippen LogP contribution in [0.25, 0.3) is 0 Å². The molecule has 2 heterocycles. The van der Waals surface area contributed by atoms with Crippen LogP contribution in [0.15, 0.2) is 36.7 Å². The van der Waals surface area contributed by atoms with E-state index in [9.17, 15) is 4.79 Å². The zero-order chi connectivity index (χ0) is 16.2. The van der Waals surface area contributed by atoms with Crippen LogP contribution in [-0.4, -0.2) is 41.4 Å². The third-order valence-corrected chi connectivity index (χ3v) is 4.22. The van der Waals surface area contributed by atoms with Crippen LogP contribution in [0.2, 0.25) is 0 Å². The summed E-state index contributed by atoms with van der Waals surface area (Å²) in [5, 5.41) is 4.11. The fourth-order valence-corrected chi connectivity index (χ4v) is 3.10. The molecule has 0 radical (unpaired) electrons. The van der Waals surface area contributed by atoms with E-state index in [0.29, 0.717) is 11.5 Å². The topological polar surface area (TPSA) is 56.6 Å². The lowest BCUT2D eigenvalue weighted by Gasteiger charge is -2.25. The molecule has 3 rings (SSSR count). The zero-order valence-electron chi connectivity index (χ0n) is 13.4. The Bertz CT molecular complexity index is 670. The molecule has 1 aliphatic rings. The van der Waals surface area contributed by atoms with E-state index in [1.165, 1.54) is 0 Å². The fraction of sp³-hybridized carbons (Fsp3) is 0.412. The second kappa shape index (κ2) is 6.73. The number of carbonyl (C=O) groups excluding carboxylic acids is 1. The van der Waals surface area contributed by atoms with Crippen LogP contribution in [0.1, 0.15) is 24.4 Å². The van der Waals surface area contributed by atoms with Crippen molar-refractivity contribution < 1.29 is 14.3 Å². The number of amides is 1. The molecule has 1 aromatic carbocycles. The number of ether oxygens (including phenoxy) is 2. The van der Waals surface area contributed by atoms with Crippen molar-refractivity contribution in [3.05, 3.63) is 42.2 Å². The Morgan fingerprint density at radius 1 is 1.30 bits per heavy atom. The molecule has 23 heavy (non-hydrogen) atoms. The first-order valence-electron chi connectivity index (χ1n) is 7.71. The Kier molecular flexibility index (Phi) is 4.50. The molecule has 0 bridgehead atoms. The highest BCUT2D eigenvalue weighted by Crippen LogP contribution is 2.36. The summed E-state index contributed by atoms with van der Waals surface area (Å²) in [6, 6.07) is 7.76. The van der Waals surface area contributed by atoms with Gasteiger partial charge in [0.15, 0.2) is 11.5 Å². The maximum absolute atomic E-state index is 12.6. The molecule has 0 aliphatic carbocycles. The minimum absolute atomic E-state index is 0.0814. The molecular formula is C17H21N3O3. The van der Waals surface area contributed by atoms with E-state index in [1.54, 1.807) is 31.3 Å². The molecular weight excluding hydrogens is 294 g/mol. The monoisotopic (exact) mass is 315 g/mol. The van der Waals surface area contributed by atoms with Crippen LogP contribution in [0.4, 0.5) is 0 Å². The Balaban J connectivity index is 1.79. The summed E-state index contributed by atoms with van der Waals surface area (Å²) in [6.45, 7) is 1.05. The van der Waals surface area contributed by atoms with E-state index in [4.69, 9.17) is 9.47 Å². The van der Waals surface area contributed by atoms with Crippen molar-refractivity contribution >= 4 is 5.91 Å². The number of nitrogens with zero attached hydrogens (tertiary/aromatic N) is 3. The van der Waals surface area contributed by atoms with Crippen LogP contribution in [0, 0.1) is 0 Å². The first-order valence-corrected chi connectivity index (χ1v) is 7.71. The van der Waals surface area contributed by atoms with E-state index in [-0.39, 0.29) is 18.5 Å². The lowest BCUT2D eigenvalue weighted by Crippen LogP contribution is -2.33. The minimum Gasteiger partial charge on any atom is -0.493 e. The Morgan fingerprint density at radius 3 is 2.83 bits per heavy atom. The highest BCUT2D eigenvalue weighted by Gasteiger charge is 2.30. The number of aromatic nitrogens is 2. The number of likely N-dealkylation sites (tertiary alicyclic amines) is 1. The highest BCUT2D eigenvalue weighted by molar-refractivity contribution is 5.76. The van der Waals surface area contributed by atoms with Crippen LogP contribution in [0.5, 0.6) is 11.5 Å². The SMILES string of the molecule is COc1ccc([C@@H]2CCCN2C(=O)Cn2cccn2)cc1OC. The van der Waals surface area contributed by atoms with Crippen LogP contribution in [-0.2, 0) is 11.3 Å². The van der Waals surface area contributed by atoms with Gasteiger partial charge in [0.05, 0.1) is 20.3 Å². The second-order valence-electron chi connectivity index (χ2n) is 5.56. The van der Waals surface area contributed by atoms with Crippen LogP contribution >= 0.6 is 0 Å². The molecule has 0 N–H and O–H groups in total. The molecule has 1 saturated heterocycles. The molecule has 6 heteroatoms. The van der Waals surface area contributed by atoms with Gasteiger partial charge in [-0.1, -0.05) is 6.07 Å². The molecule has 1 aromatic heterocycles. The van der Waals surface area contributed by atoms with Crippen LogP contribution < -0.4 is 9.47 Å². The molecule has 1 fully saturated rings. The second-order valence-corrected chi connectivity index (χ2v) is 5.56. The number of hydrogen-bond acceptors (Lipinski definition) is 4. The smallest absolute Gasteiger partial charge is 0.244 e. The van der Waals surface area contributed by atoms with Gasteiger partial charge in [0, 0.05) is 18.9 Å². The fourth-order valence-electron chi connectivity index (χ4n) is 3.10. The van der Waals surface area contributed by atoms with Crippen molar-refractivity contribution in [2.75, 3.05) is 20.8 Å². The van der Waals surface area contributed by atoms with Crippen molar-refractivity contribution in [1.29, 1.82) is 0 Å². The Hall–Kier alpha value is -2.50. The number of benzene rings is 1. The van der Waals surface area contributed by atoms with Gasteiger partial charge in [-0.15, -0.1) is 0 Å². The standard InChI is InChI=1S/C17H21N3O3/c1-22-15-7-6-13(11-16(15)23-2)14-5-3-10-20(14)17(21)12-19-9-4-8-18-19/h4,6-9,11,14H,3,5,10,12H2,1-2H3/t14-/m0/s1. The number of hydrogen-bond donors (Lipinski definition) is 0. The zero-order valence-corrected chi connectivity index (χ0v) is 13.4. The first kappa shape index (κ1) is 15.4. The van der Waals surface area contributed by atoms with Crippen molar-refractivity contribution in [3.63, 3.8) is 0 Å². The highest BCUT2D eigenvalue weighted by atomic mass is 16.5. The van der Waals surface area contributed by atoms with Gasteiger partial charge in [0.25, 0.3) is 0 Å². The van der Waals surface area contributed by atoms with Crippen molar-refractivity contribution in [3.8, 4) is 11.5 Å². The maximum Gasteiger partial charge on any atom is 0.244 e. The predicted octanol–water partition coefficient (Wildman–Crippen LogP) is 2.26. The van der Waals surface area contributed by atoms with Crippen molar-refractivity contribution in [2.24, 2.45) is 0 Å². The molecule has 0 saturated carbocycles. The van der Waals surface area contributed by atoms with Gasteiger partial charge >= 0.3 is 0 Å². The van der Waals surface area contributed by atoms with Gasteiger partial charge in [0.2, 0.25) is 5.91 Å². The largest absolute Gasteiger partial charge is 0.493 e. The molecule has 0 spiro atoms. The summed E-state index contributed by atoms with van der Waals surface area (Å²) >= 11 is 0. The van der Waals surface area contributed by atoms with E-state index in [2.05, 4.69) is 5.10 Å².